The van der Waals surface area contributed by atoms with Crippen LogP contribution in [0.25, 0.3) is 23.1 Å². The first-order chi connectivity index (χ1) is 14.3. The van der Waals surface area contributed by atoms with Crippen molar-refractivity contribution in [1.82, 2.24) is 20.4 Å². The lowest BCUT2D eigenvalue weighted by Gasteiger charge is -2.26. The SMILES string of the molecule is Cl.Cl.O=C(NCCCN1CCOCC1)c1ccc(/C=C/c2n[nH]c3ccccc23)cc1. The first-order valence-electron chi connectivity index (χ1n) is 10.1. The van der Waals surface area contributed by atoms with Crippen LogP contribution in [-0.4, -0.2) is 60.4 Å². The van der Waals surface area contributed by atoms with Gasteiger partial charge in [0.1, 0.15) is 0 Å². The smallest absolute Gasteiger partial charge is 0.251 e. The summed E-state index contributed by atoms with van der Waals surface area (Å²) in [6, 6.07) is 15.7. The van der Waals surface area contributed by atoms with Gasteiger partial charge in [0.25, 0.3) is 5.91 Å². The Balaban J connectivity index is 0.00000171. The minimum Gasteiger partial charge on any atom is -0.379 e. The van der Waals surface area contributed by atoms with Crippen LogP contribution in [0.5, 0.6) is 0 Å². The van der Waals surface area contributed by atoms with Crippen LogP contribution in [0.3, 0.4) is 0 Å². The van der Waals surface area contributed by atoms with Crippen molar-refractivity contribution in [3.05, 3.63) is 65.4 Å². The molecular weight excluding hydrogens is 435 g/mol. The first kappa shape index (κ1) is 24.9. The monoisotopic (exact) mass is 462 g/mol. The lowest BCUT2D eigenvalue weighted by atomic mass is 10.1. The highest BCUT2D eigenvalue weighted by atomic mass is 35.5. The van der Waals surface area contributed by atoms with Crippen molar-refractivity contribution in [1.29, 1.82) is 0 Å². The summed E-state index contributed by atoms with van der Waals surface area (Å²) in [7, 11) is 0. The third-order valence-electron chi connectivity index (χ3n) is 5.15. The number of amides is 1. The number of carbonyl (C=O) groups is 1. The molecule has 0 unspecified atom stereocenters. The number of hydrogen-bond acceptors (Lipinski definition) is 4. The number of H-pyrrole nitrogens is 1. The second-order valence-electron chi connectivity index (χ2n) is 7.17. The number of halogens is 2. The average molecular weight is 463 g/mol. The van der Waals surface area contributed by atoms with E-state index in [2.05, 4.69) is 20.4 Å². The number of para-hydroxylation sites is 1. The lowest BCUT2D eigenvalue weighted by molar-refractivity contribution is 0.0374. The number of ether oxygens (including phenoxy) is 1. The van der Waals surface area contributed by atoms with E-state index in [4.69, 9.17) is 4.74 Å². The number of aromatic amines is 1. The predicted molar refractivity (Wildman–Crippen MR) is 130 cm³/mol. The molecule has 1 saturated heterocycles. The number of morpholine rings is 1. The van der Waals surface area contributed by atoms with Gasteiger partial charge in [-0.2, -0.15) is 5.10 Å². The second-order valence-corrected chi connectivity index (χ2v) is 7.17. The van der Waals surface area contributed by atoms with E-state index in [0.717, 1.165) is 61.4 Å². The van der Waals surface area contributed by atoms with Crippen LogP contribution in [0.15, 0.2) is 48.5 Å². The van der Waals surface area contributed by atoms with E-state index in [1.807, 2.05) is 60.7 Å². The summed E-state index contributed by atoms with van der Waals surface area (Å²) < 4.78 is 5.35. The summed E-state index contributed by atoms with van der Waals surface area (Å²) >= 11 is 0. The predicted octanol–water partition coefficient (Wildman–Crippen LogP) is 4.03. The van der Waals surface area contributed by atoms with Gasteiger partial charge in [0.2, 0.25) is 0 Å². The van der Waals surface area contributed by atoms with Crippen molar-refractivity contribution in [3.63, 3.8) is 0 Å². The molecule has 6 nitrogen and oxygen atoms in total. The van der Waals surface area contributed by atoms with Gasteiger partial charge in [-0.3, -0.25) is 14.8 Å². The Hall–Kier alpha value is -2.38. The van der Waals surface area contributed by atoms with E-state index in [9.17, 15) is 4.79 Å². The van der Waals surface area contributed by atoms with E-state index >= 15 is 0 Å². The van der Waals surface area contributed by atoms with Crippen LogP contribution < -0.4 is 5.32 Å². The molecule has 4 rings (SSSR count). The molecule has 1 amide bonds. The molecule has 8 heteroatoms. The summed E-state index contributed by atoms with van der Waals surface area (Å²) in [5.74, 6) is -0.0270. The topological polar surface area (TPSA) is 70.2 Å². The molecule has 1 aliphatic heterocycles. The fourth-order valence-electron chi connectivity index (χ4n) is 3.46. The number of hydrogen-bond donors (Lipinski definition) is 2. The molecule has 166 valence electrons. The molecule has 1 aromatic heterocycles. The maximum Gasteiger partial charge on any atom is 0.251 e. The van der Waals surface area contributed by atoms with Crippen molar-refractivity contribution in [2.24, 2.45) is 0 Å². The Kier molecular flexibility index (Phi) is 10.0. The third kappa shape index (κ3) is 6.80. The molecule has 2 heterocycles. The number of aromatic nitrogens is 2. The molecule has 0 bridgehead atoms. The van der Waals surface area contributed by atoms with Gasteiger partial charge in [0.05, 0.1) is 24.4 Å². The molecule has 3 aromatic rings. The number of nitrogens with zero attached hydrogens (tertiary/aromatic N) is 2. The Labute approximate surface area is 194 Å². The van der Waals surface area contributed by atoms with E-state index in [0.29, 0.717) is 12.1 Å². The maximum atomic E-state index is 12.3. The molecule has 0 saturated carbocycles. The number of fused-ring (bicyclic) bond motifs is 1. The number of nitrogens with one attached hydrogen (secondary N) is 2. The molecule has 0 radical (unpaired) electrons. The number of benzene rings is 2. The maximum absolute atomic E-state index is 12.3. The van der Waals surface area contributed by atoms with Gasteiger partial charge in [-0.15, -0.1) is 24.8 Å². The zero-order chi connectivity index (χ0) is 19.9. The zero-order valence-electron chi connectivity index (χ0n) is 17.3. The van der Waals surface area contributed by atoms with Gasteiger partial charge in [0.15, 0.2) is 0 Å². The highest BCUT2D eigenvalue weighted by Gasteiger charge is 2.10. The standard InChI is InChI=1S/C23H26N4O2.2ClH/c28-23(24-12-3-13-27-14-16-29-17-15-27)19-9-6-18(7-10-19)8-11-22-20-4-1-2-5-21(20)25-26-22;;/h1-2,4-11H,3,12-17H2,(H,24,28)(H,25,26);2*1H/b11-8+;;. The van der Waals surface area contributed by atoms with Gasteiger partial charge in [-0.25, -0.2) is 0 Å². The molecule has 31 heavy (non-hydrogen) atoms. The van der Waals surface area contributed by atoms with Crippen molar-refractivity contribution < 1.29 is 9.53 Å². The molecule has 0 atom stereocenters. The molecular formula is C23H28Cl2N4O2. The molecule has 2 N–H and O–H groups in total. The first-order valence-corrected chi connectivity index (χ1v) is 10.1. The Morgan fingerprint density at radius 3 is 2.58 bits per heavy atom. The minimum atomic E-state index is -0.0270. The van der Waals surface area contributed by atoms with Crippen LogP contribution in [-0.2, 0) is 4.74 Å². The molecule has 0 spiro atoms. The highest BCUT2D eigenvalue weighted by molar-refractivity contribution is 5.94. The Morgan fingerprint density at radius 2 is 1.81 bits per heavy atom. The summed E-state index contributed by atoms with van der Waals surface area (Å²) in [6.45, 7) is 5.26. The van der Waals surface area contributed by atoms with Crippen LogP contribution >= 0.6 is 24.8 Å². The quantitative estimate of drug-likeness (QED) is 0.520. The average Bonchev–Trinajstić information content (AvgIpc) is 3.19. The van der Waals surface area contributed by atoms with Gasteiger partial charge < -0.3 is 10.1 Å². The Morgan fingerprint density at radius 1 is 1.06 bits per heavy atom. The van der Waals surface area contributed by atoms with Crippen LogP contribution in [0.2, 0.25) is 0 Å². The van der Waals surface area contributed by atoms with E-state index in [1.165, 1.54) is 0 Å². The van der Waals surface area contributed by atoms with Crippen molar-refractivity contribution >= 4 is 53.8 Å². The summed E-state index contributed by atoms with van der Waals surface area (Å²) in [5, 5.41) is 11.5. The molecule has 2 aromatic carbocycles. The summed E-state index contributed by atoms with van der Waals surface area (Å²) in [6.07, 6.45) is 4.94. The van der Waals surface area contributed by atoms with E-state index in [-0.39, 0.29) is 30.7 Å². The van der Waals surface area contributed by atoms with E-state index < -0.39 is 0 Å². The van der Waals surface area contributed by atoms with Gasteiger partial charge in [-0.1, -0.05) is 36.4 Å². The number of rotatable bonds is 7. The fraction of sp³-hybridized carbons (Fsp3) is 0.304. The normalized spacial score (nSPS) is 14.2. The van der Waals surface area contributed by atoms with Gasteiger partial charge >= 0.3 is 0 Å². The van der Waals surface area contributed by atoms with Gasteiger partial charge in [0, 0.05) is 30.6 Å². The highest BCUT2D eigenvalue weighted by Crippen LogP contribution is 2.17. The van der Waals surface area contributed by atoms with Crippen LogP contribution in [0.4, 0.5) is 0 Å². The number of carbonyl (C=O) groups excluding carboxylic acids is 1. The van der Waals surface area contributed by atoms with Crippen molar-refractivity contribution in [2.75, 3.05) is 39.4 Å². The lowest BCUT2D eigenvalue weighted by Crippen LogP contribution is -2.38. The second kappa shape index (κ2) is 12.5. The van der Waals surface area contributed by atoms with Crippen LogP contribution in [0, 0.1) is 0 Å². The zero-order valence-corrected chi connectivity index (χ0v) is 18.9. The van der Waals surface area contributed by atoms with Crippen LogP contribution in [0.1, 0.15) is 28.0 Å². The van der Waals surface area contributed by atoms with E-state index in [1.54, 1.807) is 0 Å². The summed E-state index contributed by atoms with van der Waals surface area (Å²) in [4.78, 5) is 14.7. The largest absolute Gasteiger partial charge is 0.379 e. The molecule has 1 fully saturated rings. The van der Waals surface area contributed by atoms with Crippen molar-refractivity contribution in [2.45, 2.75) is 6.42 Å². The third-order valence-corrected chi connectivity index (χ3v) is 5.15. The fourth-order valence-corrected chi connectivity index (χ4v) is 3.46. The minimum absolute atomic E-state index is 0. The van der Waals surface area contributed by atoms with Crippen molar-refractivity contribution in [3.8, 4) is 0 Å². The summed E-state index contributed by atoms with van der Waals surface area (Å²) in [5.41, 5.74) is 3.63. The van der Waals surface area contributed by atoms with Gasteiger partial charge in [-0.05, 0) is 42.8 Å². The molecule has 1 aliphatic rings. The Bertz CT molecular complexity index is 983. The molecule has 0 aliphatic carbocycles.